The number of ether oxygens (including phenoxy) is 1. The Morgan fingerprint density at radius 1 is 1.42 bits per heavy atom. The van der Waals surface area contributed by atoms with Gasteiger partial charge in [-0.2, -0.15) is 0 Å². The van der Waals surface area contributed by atoms with Gasteiger partial charge >= 0.3 is 0 Å². The summed E-state index contributed by atoms with van der Waals surface area (Å²) in [5.41, 5.74) is 1.12. The van der Waals surface area contributed by atoms with E-state index in [1.807, 2.05) is 12.3 Å². The number of rotatable bonds is 4. The maximum Gasteiger partial charge on any atom is 0.284 e. The van der Waals surface area contributed by atoms with Crippen LogP contribution < -0.4 is 0 Å². The first-order valence-corrected chi connectivity index (χ1v) is 8.99. The van der Waals surface area contributed by atoms with Crippen LogP contribution in [0.4, 0.5) is 5.69 Å². The number of amides is 1. The molecule has 1 aromatic carbocycles. The fourth-order valence-corrected chi connectivity index (χ4v) is 4.18. The van der Waals surface area contributed by atoms with Gasteiger partial charge in [0, 0.05) is 35.8 Å². The number of benzene rings is 1. The summed E-state index contributed by atoms with van der Waals surface area (Å²) in [5.74, 6) is -0.206. The van der Waals surface area contributed by atoms with Gasteiger partial charge in [0.1, 0.15) is 0 Å². The average Bonchev–Trinajstić information content (AvgIpc) is 3.00. The molecular weight excluding hydrogens is 350 g/mol. The molecular formula is C15H15N3O4S2. The van der Waals surface area contributed by atoms with E-state index in [0.29, 0.717) is 36.8 Å². The molecule has 126 valence electrons. The topological polar surface area (TPSA) is 85.6 Å². The van der Waals surface area contributed by atoms with Crippen LogP contribution in [0.3, 0.4) is 0 Å². The molecule has 0 saturated carbocycles. The molecule has 3 rings (SSSR count). The van der Waals surface area contributed by atoms with Crippen molar-refractivity contribution in [2.45, 2.75) is 16.2 Å². The van der Waals surface area contributed by atoms with Crippen molar-refractivity contribution in [2.24, 2.45) is 0 Å². The smallest absolute Gasteiger partial charge is 0.284 e. The lowest BCUT2D eigenvalue weighted by Gasteiger charge is -2.26. The standard InChI is InChI=1S/C15H15N3O4S2/c1-10-9-23-15(16-10)24-13-3-2-11(8-12(13)18(20)21)14(19)17-4-6-22-7-5-17/h2-3,8-9H,4-7H2,1H3. The molecule has 1 aromatic heterocycles. The Balaban J connectivity index is 1.86. The molecule has 1 aliphatic rings. The average molecular weight is 365 g/mol. The fraction of sp³-hybridized carbons (Fsp3) is 0.333. The third-order valence-electron chi connectivity index (χ3n) is 3.50. The maximum atomic E-state index is 12.5. The van der Waals surface area contributed by atoms with Gasteiger partial charge in [0.2, 0.25) is 0 Å². The first-order chi connectivity index (χ1) is 11.5. The number of thiazole rings is 1. The van der Waals surface area contributed by atoms with Crippen LogP contribution in [0.15, 0.2) is 32.8 Å². The minimum atomic E-state index is -0.459. The predicted octanol–water partition coefficient (Wildman–Crippen LogP) is 2.98. The number of aromatic nitrogens is 1. The number of morpholine rings is 1. The van der Waals surface area contributed by atoms with Crippen LogP contribution in [-0.2, 0) is 4.74 Å². The van der Waals surface area contributed by atoms with E-state index in [1.165, 1.54) is 29.2 Å². The molecule has 1 fully saturated rings. The highest BCUT2D eigenvalue weighted by molar-refractivity contribution is 8.01. The normalized spacial score (nSPS) is 14.6. The zero-order valence-corrected chi connectivity index (χ0v) is 14.6. The molecule has 2 heterocycles. The van der Waals surface area contributed by atoms with Gasteiger partial charge in [-0.1, -0.05) is 11.8 Å². The molecule has 0 radical (unpaired) electrons. The number of carbonyl (C=O) groups is 1. The van der Waals surface area contributed by atoms with Gasteiger partial charge in [0.25, 0.3) is 11.6 Å². The van der Waals surface area contributed by atoms with Gasteiger partial charge in [-0.05, 0) is 19.1 Å². The number of carbonyl (C=O) groups excluding carboxylic acids is 1. The molecule has 0 aliphatic carbocycles. The van der Waals surface area contributed by atoms with E-state index in [-0.39, 0.29) is 11.6 Å². The second-order valence-electron chi connectivity index (χ2n) is 5.20. The summed E-state index contributed by atoms with van der Waals surface area (Å²) in [6.45, 7) is 3.86. The highest BCUT2D eigenvalue weighted by Gasteiger charge is 2.23. The molecule has 24 heavy (non-hydrogen) atoms. The summed E-state index contributed by atoms with van der Waals surface area (Å²) < 4.78 is 5.96. The zero-order valence-electron chi connectivity index (χ0n) is 12.9. The lowest BCUT2D eigenvalue weighted by Crippen LogP contribution is -2.40. The van der Waals surface area contributed by atoms with Crippen LogP contribution in [0.25, 0.3) is 0 Å². The summed E-state index contributed by atoms with van der Waals surface area (Å²) in [7, 11) is 0. The third-order valence-corrected chi connectivity index (χ3v) is 5.62. The van der Waals surface area contributed by atoms with Crippen molar-refractivity contribution in [3.8, 4) is 0 Å². The Morgan fingerprint density at radius 2 is 2.17 bits per heavy atom. The number of nitrogens with zero attached hydrogens (tertiary/aromatic N) is 3. The molecule has 0 bridgehead atoms. The van der Waals surface area contributed by atoms with E-state index in [0.717, 1.165) is 10.0 Å². The Morgan fingerprint density at radius 3 is 2.79 bits per heavy atom. The minimum Gasteiger partial charge on any atom is -0.378 e. The maximum absolute atomic E-state index is 12.5. The lowest BCUT2D eigenvalue weighted by atomic mass is 10.1. The second-order valence-corrected chi connectivity index (χ2v) is 7.35. The molecule has 1 saturated heterocycles. The quantitative estimate of drug-likeness (QED) is 0.612. The van der Waals surface area contributed by atoms with Crippen molar-refractivity contribution in [1.29, 1.82) is 0 Å². The molecule has 0 spiro atoms. The fourth-order valence-electron chi connectivity index (χ4n) is 2.30. The molecule has 1 amide bonds. The number of hydrogen-bond acceptors (Lipinski definition) is 7. The van der Waals surface area contributed by atoms with E-state index < -0.39 is 4.92 Å². The summed E-state index contributed by atoms with van der Waals surface area (Å²) >= 11 is 2.68. The number of nitro benzene ring substituents is 1. The van der Waals surface area contributed by atoms with Crippen LogP contribution in [-0.4, -0.2) is 47.0 Å². The van der Waals surface area contributed by atoms with Crippen LogP contribution in [0.5, 0.6) is 0 Å². The summed E-state index contributed by atoms with van der Waals surface area (Å²) in [5, 5.41) is 13.3. The van der Waals surface area contributed by atoms with Gasteiger partial charge < -0.3 is 9.64 Å². The molecule has 2 aromatic rings. The van der Waals surface area contributed by atoms with Crippen molar-refractivity contribution < 1.29 is 14.5 Å². The van der Waals surface area contributed by atoms with Crippen LogP contribution in [0, 0.1) is 17.0 Å². The Hall–Kier alpha value is -1.97. The van der Waals surface area contributed by atoms with Crippen molar-refractivity contribution in [1.82, 2.24) is 9.88 Å². The SMILES string of the molecule is Cc1csc(Sc2ccc(C(=O)N3CCOCC3)cc2[N+](=O)[O-])n1. The minimum absolute atomic E-state index is 0.0769. The first kappa shape index (κ1) is 16.9. The number of aryl methyl sites for hydroxylation is 1. The first-order valence-electron chi connectivity index (χ1n) is 7.30. The van der Waals surface area contributed by atoms with Gasteiger partial charge in [0.15, 0.2) is 4.34 Å². The zero-order chi connectivity index (χ0) is 17.1. The predicted molar refractivity (Wildman–Crippen MR) is 90.8 cm³/mol. The van der Waals surface area contributed by atoms with Gasteiger partial charge in [-0.25, -0.2) is 4.98 Å². The van der Waals surface area contributed by atoms with E-state index in [2.05, 4.69) is 4.98 Å². The Labute approximate surface area is 146 Å². The summed E-state index contributed by atoms with van der Waals surface area (Å²) in [6.07, 6.45) is 0. The number of hydrogen-bond donors (Lipinski definition) is 0. The number of nitro groups is 1. The third kappa shape index (κ3) is 3.74. The van der Waals surface area contributed by atoms with Crippen LogP contribution >= 0.6 is 23.1 Å². The van der Waals surface area contributed by atoms with Gasteiger partial charge in [-0.3, -0.25) is 14.9 Å². The highest BCUT2D eigenvalue weighted by atomic mass is 32.2. The van der Waals surface area contributed by atoms with Crippen molar-refractivity contribution >= 4 is 34.7 Å². The van der Waals surface area contributed by atoms with Gasteiger partial charge in [0.05, 0.1) is 23.0 Å². The van der Waals surface area contributed by atoms with Crippen LogP contribution in [0.2, 0.25) is 0 Å². The largest absolute Gasteiger partial charge is 0.378 e. The summed E-state index contributed by atoms with van der Waals surface area (Å²) in [6, 6.07) is 4.60. The molecule has 0 atom stereocenters. The lowest BCUT2D eigenvalue weighted by molar-refractivity contribution is -0.387. The van der Waals surface area contributed by atoms with Crippen LogP contribution in [0.1, 0.15) is 16.1 Å². The van der Waals surface area contributed by atoms with E-state index in [9.17, 15) is 14.9 Å². The summed E-state index contributed by atoms with van der Waals surface area (Å²) in [4.78, 5) is 29.9. The van der Waals surface area contributed by atoms with E-state index in [1.54, 1.807) is 17.0 Å². The Kier molecular flexibility index (Phi) is 5.12. The molecule has 0 N–H and O–H groups in total. The molecule has 9 heteroatoms. The highest BCUT2D eigenvalue weighted by Crippen LogP contribution is 2.37. The molecule has 7 nitrogen and oxygen atoms in total. The van der Waals surface area contributed by atoms with Crippen molar-refractivity contribution in [3.05, 3.63) is 45.0 Å². The van der Waals surface area contributed by atoms with Crippen molar-refractivity contribution in [3.63, 3.8) is 0 Å². The molecule has 1 aliphatic heterocycles. The molecule has 0 unspecified atom stereocenters. The second kappa shape index (κ2) is 7.29. The van der Waals surface area contributed by atoms with Crippen molar-refractivity contribution in [2.75, 3.05) is 26.3 Å². The van der Waals surface area contributed by atoms with E-state index in [4.69, 9.17) is 4.74 Å². The van der Waals surface area contributed by atoms with Gasteiger partial charge in [-0.15, -0.1) is 11.3 Å². The monoisotopic (exact) mass is 365 g/mol. The van der Waals surface area contributed by atoms with E-state index >= 15 is 0 Å². The Bertz CT molecular complexity index is 772.